The van der Waals surface area contributed by atoms with Crippen molar-refractivity contribution in [2.24, 2.45) is 11.8 Å². The van der Waals surface area contributed by atoms with Gasteiger partial charge in [-0.25, -0.2) is 4.79 Å². The average molecular weight is 270 g/mol. The number of nitrogens with zero attached hydrogens (tertiary/aromatic N) is 2. The lowest BCUT2D eigenvalue weighted by molar-refractivity contribution is 0.0697. The zero-order valence-electron chi connectivity index (χ0n) is 10.8. The van der Waals surface area contributed by atoms with Crippen LogP contribution in [-0.2, 0) is 0 Å². The van der Waals surface area contributed by atoms with Crippen LogP contribution >= 0.6 is 0 Å². The van der Waals surface area contributed by atoms with Crippen LogP contribution in [0, 0.1) is 11.8 Å². The van der Waals surface area contributed by atoms with Crippen LogP contribution in [0.5, 0.6) is 0 Å². The van der Waals surface area contributed by atoms with Crippen molar-refractivity contribution in [1.29, 1.82) is 0 Å². The molecule has 2 unspecified atom stereocenters. The highest BCUT2D eigenvalue weighted by molar-refractivity contribution is 5.94. The summed E-state index contributed by atoms with van der Waals surface area (Å²) in [5, 5.41) is 17.4. The van der Waals surface area contributed by atoms with Crippen LogP contribution < -0.4 is 0 Å². The first-order valence-electron chi connectivity index (χ1n) is 6.88. The van der Waals surface area contributed by atoms with Crippen LogP contribution in [0.25, 0.3) is 11.5 Å². The van der Waals surface area contributed by atoms with Gasteiger partial charge in [-0.15, -0.1) is 10.2 Å². The van der Waals surface area contributed by atoms with Gasteiger partial charge in [0, 0.05) is 5.92 Å². The van der Waals surface area contributed by atoms with E-state index in [2.05, 4.69) is 10.2 Å². The molecule has 0 saturated heterocycles. The molecule has 2 saturated carbocycles. The second-order valence-electron chi connectivity index (χ2n) is 5.72. The molecule has 0 amide bonds. The quantitative estimate of drug-likeness (QED) is 0.927. The van der Waals surface area contributed by atoms with E-state index in [4.69, 9.17) is 4.42 Å². The van der Waals surface area contributed by atoms with Gasteiger partial charge in [-0.2, -0.15) is 0 Å². The Bertz CT molecular complexity index is 669. The molecule has 4 rings (SSSR count). The first-order chi connectivity index (χ1) is 9.72. The number of aromatic carboxylic acids is 1. The smallest absolute Gasteiger partial charge is 0.336 e. The minimum Gasteiger partial charge on any atom is -0.478 e. The van der Waals surface area contributed by atoms with E-state index >= 15 is 0 Å². The number of carboxylic acid groups (broad SMARTS) is 1. The normalized spacial score (nSPS) is 27.3. The van der Waals surface area contributed by atoms with E-state index in [0.29, 0.717) is 23.3 Å². The van der Waals surface area contributed by atoms with Gasteiger partial charge in [0.15, 0.2) is 0 Å². The van der Waals surface area contributed by atoms with Crippen molar-refractivity contribution in [3.05, 3.63) is 35.7 Å². The second kappa shape index (κ2) is 4.16. The van der Waals surface area contributed by atoms with Gasteiger partial charge in [-0.05, 0) is 43.2 Å². The highest BCUT2D eigenvalue weighted by Crippen LogP contribution is 2.57. The molecule has 0 bridgehead atoms. The number of benzene rings is 1. The van der Waals surface area contributed by atoms with Gasteiger partial charge in [0.05, 0.1) is 11.1 Å². The zero-order valence-corrected chi connectivity index (χ0v) is 10.8. The molecule has 1 N–H and O–H groups in total. The fourth-order valence-electron chi connectivity index (χ4n) is 3.28. The number of carboxylic acids is 1. The topological polar surface area (TPSA) is 76.2 Å². The molecular weight excluding hydrogens is 256 g/mol. The Labute approximate surface area is 115 Å². The predicted octanol–water partition coefficient (Wildman–Crippen LogP) is 2.95. The van der Waals surface area contributed by atoms with Crippen molar-refractivity contribution in [2.75, 3.05) is 0 Å². The summed E-state index contributed by atoms with van der Waals surface area (Å²) < 4.78 is 5.73. The van der Waals surface area contributed by atoms with Crippen molar-refractivity contribution < 1.29 is 14.3 Å². The molecule has 1 heterocycles. The molecule has 1 aromatic carbocycles. The van der Waals surface area contributed by atoms with Crippen LogP contribution in [0.3, 0.4) is 0 Å². The predicted molar refractivity (Wildman–Crippen MR) is 70.3 cm³/mol. The number of hydrogen-bond donors (Lipinski definition) is 1. The summed E-state index contributed by atoms with van der Waals surface area (Å²) in [6, 6.07) is 6.71. The SMILES string of the molecule is O=C(O)c1ccccc1-c1nnc(C2CC3CC3C2)o1. The van der Waals surface area contributed by atoms with Crippen molar-refractivity contribution in [1.82, 2.24) is 10.2 Å². The van der Waals surface area contributed by atoms with Gasteiger partial charge >= 0.3 is 5.97 Å². The molecule has 0 radical (unpaired) electrons. The van der Waals surface area contributed by atoms with Crippen LogP contribution in [0.4, 0.5) is 0 Å². The monoisotopic (exact) mass is 270 g/mol. The summed E-state index contributed by atoms with van der Waals surface area (Å²) in [5.74, 6) is 2.04. The van der Waals surface area contributed by atoms with Gasteiger partial charge in [-0.3, -0.25) is 0 Å². The Morgan fingerprint density at radius 2 is 1.90 bits per heavy atom. The molecule has 2 atom stereocenters. The lowest BCUT2D eigenvalue weighted by Crippen LogP contribution is -1.99. The Balaban J connectivity index is 1.66. The standard InChI is InChI=1S/C15H14N2O3/c18-15(19)12-4-2-1-3-11(12)14-17-16-13(20-14)10-6-8-5-9(8)7-10/h1-4,8-10H,5-7H2,(H,18,19). The lowest BCUT2D eigenvalue weighted by atomic mass is 10.0. The lowest BCUT2D eigenvalue weighted by Gasteiger charge is -2.05. The number of hydrogen-bond acceptors (Lipinski definition) is 4. The van der Waals surface area contributed by atoms with E-state index in [1.54, 1.807) is 24.3 Å². The molecule has 1 aromatic heterocycles. The third-order valence-corrected chi connectivity index (χ3v) is 4.42. The highest BCUT2D eigenvalue weighted by Gasteiger charge is 2.47. The van der Waals surface area contributed by atoms with Gasteiger partial charge in [-0.1, -0.05) is 12.1 Å². The first kappa shape index (κ1) is 11.6. The van der Waals surface area contributed by atoms with Crippen molar-refractivity contribution >= 4 is 5.97 Å². The van der Waals surface area contributed by atoms with E-state index < -0.39 is 5.97 Å². The summed E-state index contributed by atoms with van der Waals surface area (Å²) in [5.41, 5.74) is 0.680. The fraction of sp³-hybridized carbons (Fsp3) is 0.400. The Hall–Kier alpha value is -2.17. The summed E-state index contributed by atoms with van der Waals surface area (Å²) in [6.45, 7) is 0. The average Bonchev–Trinajstić information content (AvgIpc) is 2.91. The Morgan fingerprint density at radius 1 is 1.15 bits per heavy atom. The maximum Gasteiger partial charge on any atom is 0.336 e. The van der Waals surface area contributed by atoms with Crippen molar-refractivity contribution in [3.63, 3.8) is 0 Å². The molecule has 20 heavy (non-hydrogen) atoms. The second-order valence-corrected chi connectivity index (χ2v) is 5.72. The maximum absolute atomic E-state index is 11.2. The van der Waals surface area contributed by atoms with Crippen LogP contribution in [-0.4, -0.2) is 21.3 Å². The van der Waals surface area contributed by atoms with Crippen molar-refractivity contribution in [2.45, 2.75) is 25.2 Å². The number of rotatable bonds is 3. The largest absolute Gasteiger partial charge is 0.478 e. The van der Waals surface area contributed by atoms with Crippen molar-refractivity contribution in [3.8, 4) is 11.5 Å². The molecule has 2 aliphatic carbocycles. The van der Waals surface area contributed by atoms with E-state index in [9.17, 15) is 9.90 Å². The highest BCUT2D eigenvalue weighted by atomic mass is 16.4. The maximum atomic E-state index is 11.2. The molecule has 0 spiro atoms. The minimum absolute atomic E-state index is 0.192. The summed E-state index contributed by atoms with van der Waals surface area (Å²) in [7, 11) is 0. The fourth-order valence-corrected chi connectivity index (χ4v) is 3.28. The zero-order chi connectivity index (χ0) is 13.7. The summed E-state index contributed by atoms with van der Waals surface area (Å²) in [6.07, 6.45) is 3.61. The minimum atomic E-state index is -0.984. The molecule has 2 aliphatic rings. The van der Waals surface area contributed by atoms with Gasteiger partial charge in [0.2, 0.25) is 11.8 Å². The molecule has 2 aromatic rings. The number of fused-ring (bicyclic) bond motifs is 1. The molecule has 5 heteroatoms. The number of aromatic nitrogens is 2. The van der Waals surface area contributed by atoms with Gasteiger partial charge in [0.25, 0.3) is 0 Å². The van der Waals surface area contributed by atoms with E-state index in [-0.39, 0.29) is 5.56 Å². The Morgan fingerprint density at radius 3 is 2.65 bits per heavy atom. The number of carbonyl (C=O) groups is 1. The molecule has 102 valence electrons. The molecule has 2 fully saturated rings. The van der Waals surface area contributed by atoms with Crippen LogP contribution in [0.2, 0.25) is 0 Å². The Kier molecular flexibility index (Phi) is 2.42. The molecular formula is C15H14N2O3. The van der Waals surface area contributed by atoms with E-state index in [1.165, 1.54) is 6.42 Å². The van der Waals surface area contributed by atoms with Crippen LogP contribution in [0.1, 0.15) is 41.4 Å². The summed E-state index contributed by atoms with van der Waals surface area (Å²) >= 11 is 0. The third kappa shape index (κ3) is 1.81. The van der Waals surface area contributed by atoms with E-state index in [1.807, 2.05) is 0 Å². The molecule has 0 aliphatic heterocycles. The third-order valence-electron chi connectivity index (χ3n) is 4.42. The van der Waals surface area contributed by atoms with Crippen LogP contribution in [0.15, 0.2) is 28.7 Å². The molecule has 5 nitrogen and oxygen atoms in total. The van der Waals surface area contributed by atoms with Gasteiger partial charge in [0.1, 0.15) is 0 Å². The van der Waals surface area contributed by atoms with Gasteiger partial charge < -0.3 is 9.52 Å². The summed E-state index contributed by atoms with van der Waals surface area (Å²) in [4.78, 5) is 11.2. The first-order valence-corrected chi connectivity index (χ1v) is 6.88. The van der Waals surface area contributed by atoms with E-state index in [0.717, 1.165) is 24.7 Å².